The third-order valence-electron chi connectivity index (χ3n) is 2.75. The first kappa shape index (κ1) is 13.3. The van der Waals surface area contributed by atoms with E-state index in [9.17, 15) is 17.1 Å². The van der Waals surface area contributed by atoms with Crippen LogP contribution in [0.25, 0.3) is 0 Å². The monoisotopic (exact) mass is 292 g/mol. The summed E-state index contributed by atoms with van der Waals surface area (Å²) in [5, 5.41) is -0.0924. The molecule has 1 aliphatic carbocycles. The van der Waals surface area contributed by atoms with Crippen molar-refractivity contribution in [3.8, 4) is 5.75 Å². The third-order valence-corrected chi connectivity index (χ3v) is 3.42. The maximum atomic E-state index is 12.5. The molecular formula is C11H10ClFO4S. The Hall–Kier alpha value is -1.14. The van der Waals surface area contributed by atoms with Gasteiger partial charge in [0, 0.05) is 12.0 Å². The van der Waals surface area contributed by atoms with Gasteiger partial charge in [-0.2, -0.15) is 8.42 Å². The van der Waals surface area contributed by atoms with Crippen LogP contribution in [0.5, 0.6) is 5.75 Å². The summed E-state index contributed by atoms with van der Waals surface area (Å²) in [5.41, 5.74) is 1.10. The lowest BCUT2D eigenvalue weighted by Crippen LogP contribution is -2.05. The van der Waals surface area contributed by atoms with Crippen molar-refractivity contribution in [3.63, 3.8) is 0 Å². The fourth-order valence-corrected chi connectivity index (χ4v) is 2.57. The minimum Gasteiger partial charge on any atom is -0.357 e. The van der Waals surface area contributed by atoms with E-state index in [2.05, 4.69) is 4.18 Å². The van der Waals surface area contributed by atoms with Crippen molar-refractivity contribution in [3.05, 3.63) is 28.3 Å². The second kappa shape index (κ2) is 4.85. The molecule has 0 N–H and O–H groups in total. The van der Waals surface area contributed by atoms with E-state index in [0.29, 0.717) is 24.0 Å². The Morgan fingerprint density at radius 2 is 1.89 bits per heavy atom. The molecule has 4 nitrogen and oxygen atoms in total. The zero-order valence-corrected chi connectivity index (χ0v) is 10.9. The van der Waals surface area contributed by atoms with E-state index in [1.807, 2.05) is 0 Å². The summed E-state index contributed by atoms with van der Waals surface area (Å²) in [4.78, 5) is 11.8. The van der Waals surface area contributed by atoms with Crippen LogP contribution < -0.4 is 4.18 Å². The van der Waals surface area contributed by atoms with Crippen LogP contribution in [-0.4, -0.2) is 14.2 Å². The smallest absolute Gasteiger partial charge is 0.357 e. The van der Waals surface area contributed by atoms with Crippen LogP contribution in [0.15, 0.2) is 12.1 Å². The average Bonchev–Trinajstić information content (AvgIpc) is 2.41. The molecule has 0 heterocycles. The van der Waals surface area contributed by atoms with Gasteiger partial charge in [0.05, 0.1) is 5.02 Å². The van der Waals surface area contributed by atoms with Gasteiger partial charge < -0.3 is 4.18 Å². The number of fused-ring (bicyclic) bond motifs is 1. The van der Waals surface area contributed by atoms with Crippen LogP contribution in [0.4, 0.5) is 3.89 Å². The molecule has 0 saturated carbocycles. The molecular weight excluding hydrogens is 283 g/mol. The summed E-state index contributed by atoms with van der Waals surface area (Å²) >= 11 is 5.78. The maximum absolute atomic E-state index is 12.5. The summed E-state index contributed by atoms with van der Waals surface area (Å²) in [6.45, 7) is 0. The number of carbonyl (C=O) groups is 1. The number of carbonyl (C=O) groups excluding carboxylic acids is 1. The van der Waals surface area contributed by atoms with Gasteiger partial charge in [-0.25, -0.2) is 0 Å². The molecule has 2 rings (SSSR count). The Morgan fingerprint density at radius 1 is 1.22 bits per heavy atom. The summed E-state index contributed by atoms with van der Waals surface area (Å²) in [6, 6.07) is 2.66. The Labute approximate surface area is 109 Å². The summed E-state index contributed by atoms with van der Waals surface area (Å²) < 4.78 is 37.5. The molecule has 1 aliphatic rings. The van der Waals surface area contributed by atoms with Crippen LogP contribution in [0.3, 0.4) is 0 Å². The van der Waals surface area contributed by atoms with Gasteiger partial charge in [-0.1, -0.05) is 15.5 Å². The number of hydrogen-bond acceptors (Lipinski definition) is 4. The Kier molecular flexibility index (Phi) is 3.59. The van der Waals surface area contributed by atoms with E-state index in [1.165, 1.54) is 12.1 Å². The van der Waals surface area contributed by atoms with Crippen LogP contribution in [0.2, 0.25) is 5.02 Å². The van der Waals surface area contributed by atoms with Gasteiger partial charge in [0.1, 0.15) is 0 Å². The molecule has 1 aromatic rings. The number of aryl methyl sites for hydroxylation is 1. The molecule has 7 heteroatoms. The van der Waals surface area contributed by atoms with E-state index < -0.39 is 10.5 Å². The van der Waals surface area contributed by atoms with Crippen LogP contribution in [0.1, 0.15) is 35.2 Å². The lowest BCUT2D eigenvalue weighted by molar-refractivity contribution is 0.0982. The largest absolute Gasteiger partial charge is 0.488 e. The van der Waals surface area contributed by atoms with Crippen molar-refractivity contribution in [1.82, 2.24) is 0 Å². The molecule has 0 aliphatic heterocycles. The molecule has 1 aromatic carbocycles. The molecule has 0 amide bonds. The van der Waals surface area contributed by atoms with Crippen molar-refractivity contribution in [1.29, 1.82) is 0 Å². The molecule has 0 unspecified atom stereocenters. The van der Waals surface area contributed by atoms with Crippen LogP contribution >= 0.6 is 11.6 Å². The molecule has 98 valence electrons. The predicted molar refractivity (Wildman–Crippen MR) is 64.0 cm³/mol. The van der Waals surface area contributed by atoms with Gasteiger partial charge in [0.25, 0.3) is 0 Å². The zero-order chi connectivity index (χ0) is 13.3. The first-order chi connectivity index (χ1) is 8.37. The molecule has 0 aromatic heterocycles. The lowest BCUT2D eigenvalue weighted by Gasteiger charge is -2.09. The fourth-order valence-electron chi connectivity index (χ4n) is 1.97. The number of halogens is 2. The normalized spacial score (nSPS) is 16.0. The van der Waals surface area contributed by atoms with Gasteiger partial charge in [-0.15, -0.1) is 0 Å². The van der Waals surface area contributed by atoms with Crippen molar-refractivity contribution in [2.24, 2.45) is 0 Å². The average molecular weight is 293 g/mol. The highest BCUT2D eigenvalue weighted by atomic mass is 35.5. The summed E-state index contributed by atoms with van der Waals surface area (Å²) in [7, 11) is -5.12. The first-order valence-electron chi connectivity index (χ1n) is 5.36. The van der Waals surface area contributed by atoms with Crippen LogP contribution in [-0.2, 0) is 16.9 Å². The molecule has 0 atom stereocenters. The van der Waals surface area contributed by atoms with Gasteiger partial charge in [-0.3, -0.25) is 4.79 Å². The summed E-state index contributed by atoms with van der Waals surface area (Å²) in [5.74, 6) is -0.327. The number of hydrogen-bond donors (Lipinski definition) is 0. The standard InChI is InChI=1S/C11H10ClFO4S/c12-9-6-8-7(3-1-2-4-10(8)14)5-11(9)17-18(13,15)16/h5-6H,1-4H2. The van der Waals surface area contributed by atoms with Crippen molar-refractivity contribution in [2.45, 2.75) is 25.7 Å². The molecule has 18 heavy (non-hydrogen) atoms. The van der Waals surface area contributed by atoms with E-state index in [1.54, 1.807) is 0 Å². The van der Waals surface area contributed by atoms with Crippen molar-refractivity contribution >= 4 is 27.9 Å². The second-order valence-corrected chi connectivity index (χ2v) is 5.41. The molecule has 0 bridgehead atoms. The predicted octanol–water partition coefficient (Wildman–Crippen LogP) is 2.84. The van der Waals surface area contributed by atoms with Crippen molar-refractivity contribution in [2.75, 3.05) is 0 Å². The van der Waals surface area contributed by atoms with E-state index in [-0.39, 0.29) is 16.6 Å². The van der Waals surface area contributed by atoms with Gasteiger partial charge in [-0.05, 0) is 37.0 Å². The van der Waals surface area contributed by atoms with Gasteiger partial charge in [0.15, 0.2) is 11.5 Å². The van der Waals surface area contributed by atoms with E-state index >= 15 is 0 Å². The molecule has 0 radical (unpaired) electrons. The van der Waals surface area contributed by atoms with Crippen molar-refractivity contribution < 1.29 is 21.3 Å². The fraction of sp³-hybridized carbons (Fsp3) is 0.364. The minimum atomic E-state index is -5.12. The zero-order valence-electron chi connectivity index (χ0n) is 9.28. The quantitative estimate of drug-likeness (QED) is 0.621. The van der Waals surface area contributed by atoms with Gasteiger partial charge >= 0.3 is 10.5 Å². The topological polar surface area (TPSA) is 60.4 Å². The lowest BCUT2D eigenvalue weighted by atomic mass is 10.0. The third kappa shape index (κ3) is 3.00. The highest BCUT2D eigenvalue weighted by Gasteiger charge is 2.20. The van der Waals surface area contributed by atoms with E-state index in [4.69, 9.17) is 11.6 Å². The van der Waals surface area contributed by atoms with E-state index in [0.717, 1.165) is 12.8 Å². The minimum absolute atomic E-state index is 0.0425. The summed E-state index contributed by atoms with van der Waals surface area (Å²) in [6.07, 6.45) is 2.62. The molecule has 0 saturated heterocycles. The first-order valence-corrected chi connectivity index (χ1v) is 7.05. The van der Waals surface area contributed by atoms with Crippen LogP contribution in [0, 0.1) is 0 Å². The highest BCUT2D eigenvalue weighted by Crippen LogP contribution is 2.32. The Bertz CT molecular complexity index is 597. The Morgan fingerprint density at radius 3 is 2.56 bits per heavy atom. The highest BCUT2D eigenvalue weighted by molar-refractivity contribution is 7.81. The molecule has 0 fully saturated rings. The SMILES string of the molecule is O=C1CCCCc2cc(OS(=O)(=O)F)c(Cl)cc21. The molecule has 0 spiro atoms. The number of ketones is 1. The van der Waals surface area contributed by atoms with Gasteiger partial charge in [0.2, 0.25) is 0 Å². The second-order valence-electron chi connectivity index (χ2n) is 4.05. The Balaban J connectivity index is 2.47. The number of rotatable bonds is 2. The maximum Gasteiger partial charge on any atom is 0.488 e. The number of benzene rings is 1. The number of Topliss-reactive ketones (excluding diaryl/α,β-unsaturated/α-hetero) is 1.